The van der Waals surface area contributed by atoms with Crippen LogP contribution in [0.4, 0.5) is 11.6 Å². The molecule has 1 aromatic carbocycles. The van der Waals surface area contributed by atoms with Crippen LogP contribution >= 0.6 is 0 Å². The summed E-state index contributed by atoms with van der Waals surface area (Å²) in [6.45, 7) is 1.03. The van der Waals surface area contributed by atoms with Gasteiger partial charge in [-0.1, -0.05) is 12.1 Å². The number of benzene rings is 1. The zero-order valence-corrected chi connectivity index (χ0v) is 17.7. The van der Waals surface area contributed by atoms with Gasteiger partial charge in [0, 0.05) is 24.2 Å². The second kappa shape index (κ2) is 7.52. The molecule has 158 valence electrons. The second-order valence-electron chi connectivity index (χ2n) is 9.14. The zero-order valence-electron chi connectivity index (χ0n) is 17.7. The van der Waals surface area contributed by atoms with Gasteiger partial charge in [-0.15, -0.1) is 0 Å². The van der Waals surface area contributed by atoms with Crippen LogP contribution in [0.3, 0.4) is 0 Å². The molecule has 4 heterocycles. The van der Waals surface area contributed by atoms with Crippen molar-refractivity contribution in [3.05, 3.63) is 54.0 Å². The molecule has 0 amide bonds. The number of anilines is 2. The van der Waals surface area contributed by atoms with E-state index in [2.05, 4.69) is 50.3 Å². The van der Waals surface area contributed by atoms with E-state index < -0.39 is 0 Å². The van der Waals surface area contributed by atoms with Gasteiger partial charge in [-0.25, -0.2) is 15.0 Å². The van der Waals surface area contributed by atoms with Crippen molar-refractivity contribution in [1.82, 2.24) is 19.5 Å². The van der Waals surface area contributed by atoms with E-state index in [0.29, 0.717) is 11.9 Å². The molecule has 4 aromatic rings. The molecule has 0 spiro atoms. The molecule has 1 saturated carbocycles. The number of nitrogens with zero attached hydrogens (tertiary/aromatic N) is 4. The fourth-order valence-corrected chi connectivity index (χ4v) is 5.46. The first-order chi connectivity index (χ1) is 15.2. The van der Waals surface area contributed by atoms with Gasteiger partial charge in [0.1, 0.15) is 23.6 Å². The van der Waals surface area contributed by atoms with Crippen molar-refractivity contribution in [1.29, 1.82) is 0 Å². The Morgan fingerprint density at radius 3 is 3.06 bits per heavy atom. The summed E-state index contributed by atoms with van der Waals surface area (Å²) in [5.41, 5.74) is 10.8. The van der Waals surface area contributed by atoms with Crippen LogP contribution in [-0.2, 0) is 12.8 Å². The van der Waals surface area contributed by atoms with Crippen molar-refractivity contribution in [2.75, 3.05) is 17.6 Å². The molecule has 3 aromatic heterocycles. The van der Waals surface area contributed by atoms with E-state index >= 15 is 0 Å². The van der Waals surface area contributed by atoms with Gasteiger partial charge in [0.25, 0.3) is 0 Å². The van der Waals surface area contributed by atoms with Gasteiger partial charge in [0.15, 0.2) is 0 Å². The Morgan fingerprint density at radius 1 is 1.13 bits per heavy atom. The molecule has 2 aliphatic rings. The number of rotatable bonds is 4. The summed E-state index contributed by atoms with van der Waals surface area (Å²) < 4.78 is 2.31. The van der Waals surface area contributed by atoms with Crippen molar-refractivity contribution < 1.29 is 0 Å². The van der Waals surface area contributed by atoms with Gasteiger partial charge < -0.3 is 15.6 Å². The predicted molar refractivity (Wildman–Crippen MR) is 125 cm³/mol. The number of aryl methyl sites for hydroxylation is 2. The minimum absolute atomic E-state index is 0.507. The molecule has 0 radical (unpaired) electrons. The van der Waals surface area contributed by atoms with Crippen LogP contribution in [0, 0.1) is 5.92 Å². The van der Waals surface area contributed by atoms with E-state index in [1.165, 1.54) is 48.6 Å². The molecule has 0 saturated heterocycles. The summed E-state index contributed by atoms with van der Waals surface area (Å²) in [6, 6.07) is 11.7. The third kappa shape index (κ3) is 3.40. The fourth-order valence-electron chi connectivity index (χ4n) is 5.46. The maximum atomic E-state index is 6.01. The Labute approximate surface area is 181 Å². The minimum atomic E-state index is 0.507. The Morgan fingerprint density at radius 2 is 2.10 bits per heavy atom. The monoisotopic (exact) mass is 412 g/mol. The summed E-state index contributed by atoms with van der Waals surface area (Å²) in [4.78, 5) is 13.5. The predicted octanol–water partition coefficient (Wildman–Crippen LogP) is 4.89. The normalized spacial score (nSPS) is 20.8. The molecule has 0 bridgehead atoms. The summed E-state index contributed by atoms with van der Waals surface area (Å²) in [5.74, 6) is 2.40. The van der Waals surface area contributed by atoms with Gasteiger partial charge >= 0.3 is 0 Å². The van der Waals surface area contributed by atoms with Gasteiger partial charge in [0.2, 0.25) is 0 Å². The van der Waals surface area contributed by atoms with Crippen molar-refractivity contribution in [3.8, 4) is 0 Å². The van der Waals surface area contributed by atoms with E-state index in [0.717, 1.165) is 47.7 Å². The lowest BCUT2D eigenvalue weighted by Crippen LogP contribution is -2.13. The number of hydrogen-bond donors (Lipinski definition) is 2. The van der Waals surface area contributed by atoms with Crippen LogP contribution in [0.15, 0.2) is 42.9 Å². The SMILES string of the molecule is Nc1ncnc2c1ccn2C1CCC(CCc2ccc3cc4c(nc3c2)NCCC4)C1. The van der Waals surface area contributed by atoms with Gasteiger partial charge in [-0.05, 0) is 80.2 Å². The highest BCUT2D eigenvalue weighted by molar-refractivity contribution is 5.86. The summed E-state index contributed by atoms with van der Waals surface area (Å²) in [5, 5.41) is 5.68. The molecule has 1 aliphatic heterocycles. The van der Waals surface area contributed by atoms with Gasteiger partial charge in [0.05, 0.1) is 10.9 Å². The van der Waals surface area contributed by atoms with Crippen LogP contribution in [-0.4, -0.2) is 26.1 Å². The highest BCUT2D eigenvalue weighted by atomic mass is 15.1. The van der Waals surface area contributed by atoms with E-state index in [9.17, 15) is 0 Å². The Balaban J connectivity index is 1.14. The quantitative estimate of drug-likeness (QED) is 0.498. The van der Waals surface area contributed by atoms with Crippen LogP contribution in [0.25, 0.3) is 21.9 Å². The van der Waals surface area contributed by atoms with Gasteiger partial charge in [-0.2, -0.15) is 0 Å². The third-order valence-corrected chi connectivity index (χ3v) is 7.16. The van der Waals surface area contributed by atoms with E-state index in [-0.39, 0.29) is 0 Å². The maximum Gasteiger partial charge on any atom is 0.145 e. The fraction of sp³-hybridized carbons (Fsp3) is 0.400. The number of aromatic nitrogens is 4. The Hall–Kier alpha value is -3.15. The molecule has 1 fully saturated rings. The van der Waals surface area contributed by atoms with Crippen molar-refractivity contribution in [3.63, 3.8) is 0 Å². The Kier molecular flexibility index (Phi) is 4.51. The molecular weight excluding hydrogens is 384 g/mol. The van der Waals surface area contributed by atoms with Crippen LogP contribution in [0.1, 0.15) is 49.3 Å². The number of hydrogen-bond acceptors (Lipinski definition) is 5. The van der Waals surface area contributed by atoms with Crippen LogP contribution in [0.2, 0.25) is 0 Å². The van der Waals surface area contributed by atoms with Gasteiger partial charge in [-0.3, -0.25) is 0 Å². The summed E-state index contributed by atoms with van der Waals surface area (Å²) in [6.07, 6.45) is 12.0. The zero-order chi connectivity index (χ0) is 20.8. The molecule has 6 nitrogen and oxygen atoms in total. The molecule has 2 atom stereocenters. The molecule has 6 heteroatoms. The maximum absolute atomic E-state index is 6.01. The number of nitrogens with one attached hydrogen (secondary N) is 1. The lowest BCUT2D eigenvalue weighted by atomic mass is 9.96. The van der Waals surface area contributed by atoms with E-state index in [1.807, 2.05) is 6.07 Å². The lowest BCUT2D eigenvalue weighted by Gasteiger charge is -2.18. The van der Waals surface area contributed by atoms with Crippen molar-refractivity contribution in [2.45, 2.75) is 51.0 Å². The summed E-state index contributed by atoms with van der Waals surface area (Å²) in [7, 11) is 0. The first-order valence-corrected chi connectivity index (χ1v) is 11.5. The first kappa shape index (κ1) is 18.6. The summed E-state index contributed by atoms with van der Waals surface area (Å²) >= 11 is 0. The molecule has 3 N–H and O–H groups in total. The number of fused-ring (bicyclic) bond motifs is 3. The number of nitrogens with two attached hydrogens (primary N) is 1. The van der Waals surface area contributed by atoms with Crippen molar-refractivity contribution >= 4 is 33.6 Å². The number of pyridine rings is 1. The second-order valence-corrected chi connectivity index (χ2v) is 9.14. The standard InChI is InChI=1S/C25H28N6/c26-23-21-9-11-31(25(21)29-15-28-23)20-8-6-16(12-20)3-4-17-5-7-18-14-19-2-1-10-27-24(19)30-22(18)13-17/h5,7,9,11,13-16,20H,1-4,6,8,10,12H2,(H,27,30)(H2,26,28,29). The molecule has 1 aliphatic carbocycles. The number of nitrogen functional groups attached to an aromatic ring is 1. The highest BCUT2D eigenvalue weighted by Crippen LogP contribution is 2.39. The topological polar surface area (TPSA) is 81.7 Å². The van der Waals surface area contributed by atoms with E-state index in [1.54, 1.807) is 6.33 Å². The van der Waals surface area contributed by atoms with Crippen LogP contribution < -0.4 is 11.1 Å². The Bertz CT molecular complexity index is 1260. The highest BCUT2D eigenvalue weighted by Gasteiger charge is 2.27. The molecule has 6 rings (SSSR count). The molecular formula is C25H28N6. The molecule has 31 heavy (non-hydrogen) atoms. The minimum Gasteiger partial charge on any atom is -0.383 e. The smallest absolute Gasteiger partial charge is 0.145 e. The third-order valence-electron chi connectivity index (χ3n) is 7.16. The van der Waals surface area contributed by atoms with Crippen molar-refractivity contribution in [2.24, 2.45) is 5.92 Å². The molecule has 2 unspecified atom stereocenters. The first-order valence-electron chi connectivity index (χ1n) is 11.5. The average Bonchev–Trinajstić information content (AvgIpc) is 3.44. The van der Waals surface area contributed by atoms with Crippen LogP contribution in [0.5, 0.6) is 0 Å². The largest absolute Gasteiger partial charge is 0.383 e. The lowest BCUT2D eigenvalue weighted by molar-refractivity contribution is 0.461. The van der Waals surface area contributed by atoms with E-state index in [4.69, 9.17) is 10.7 Å². The average molecular weight is 413 g/mol.